The standard InChI is InChI=1S/C15H17N3O4S/c1-15(2,3)17(14(19)20)9-13-16-8-12(23-13)10-4-6-11(7-5-10)18(21)22/h4-8H,9H2,1-3H3,(H,19,20). The summed E-state index contributed by atoms with van der Waals surface area (Å²) < 4.78 is 0. The maximum absolute atomic E-state index is 11.4. The van der Waals surface area contributed by atoms with Gasteiger partial charge in [-0.25, -0.2) is 9.78 Å². The number of non-ortho nitro benzene ring substituents is 1. The number of carbonyl (C=O) groups is 1. The molecule has 0 unspecified atom stereocenters. The van der Waals surface area contributed by atoms with E-state index in [0.717, 1.165) is 10.4 Å². The Morgan fingerprint density at radius 2 is 1.96 bits per heavy atom. The fourth-order valence-corrected chi connectivity index (χ4v) is 2.90. The molecule has 0 atom stereocenters. The average Bonchev–Trinajstić information content (AvgIpc) is 2.92. The Labute approximate surface area is 137 Å². The summed E-state index contributed by atoms with van der Waals surface area (Å²) >= 11 is 1.38. The van der Waals surface area contributed by atoms with Gasteiger partial charge in [-0.3, -0.25) is 15.0 Å². The summed E-state index contributed by atoms with van der Waals surface area (Å²) in [6, 6.07) is 6.20. The van der Waals surface area contributed by atoms with Crippen LogP contribution in [-0.4, -0.2) is 31.5 Å². The monoisotopic (exact) mass is 335 g/mol. The molecule has 1 aromatic carbocycles. The van der Waals surface area contributed by atoms with Gasteiger partial charge in [0.05, 0.1) is 16.3 Å². The van der Waals surface area contributed by atoms with Gasteiger partial charge in [-0.15, -0.1) is 11.3 Å². The minimum absolute atomic E-state index is 0.0308. The predicted molar refractivity (Wildman–Crippen MR) is 87.5 cm³/mol. The first-order chi connectivity index (χ1) is 10.7. The van der Waals surface area contributed by atoms with Crippen molar-refractivity contribution in [2.45, 2.75) is 32.9 Å². The molecule has 0 spiro atoms. The van der Waals surface area contributed by atoms with Crippen LogP contribution in [-0.2, 0) is 6.54 Å². The van der Waals surface area contributed by atoms with Crippen LogP contribution in [0.25, 0.3) is 10.4 Å². The Morgan fingerprint density at radius 1 is 1.35 bits per heavy atom. The van der Waals surface area contributed by atoms with Crippen LogP contribution in [0.2, 0.25) is 0 Å². The highest BCUT2D eigenvalue weighted by molar-refractivity contribution is 7.15. The van der Waals surface area contributed by atoms with Crippen LogP contribution in [0.1, 0.15) is 25.8 Å². The van der Waals surface area contributed by atoms with E-state index >= 15 is 0 Å². The fourth-order valence-electron chi connectivity index (χ4n) is 1.99. The highest BCUT2D eigenvalue weighted by Crippen LogP contribution is 2.29. The van der Waals surface area contributed by atoms with Gasteiger partial charge in [0.25, 0.3) is 5.69 Å². The number of rotatable bonds is 4. The molecule has 0 bridgehead atoms. The second-order valence-electron chi connectivity index (χ2n) is 5.96. The number of hydrogen-bond acceptors (Lipinski definition) is 5. The SMILES string of the molecule is CC(C)(C)N(Cc1ncc(-c2ccc([N+](=O)[O-])cc2)s1)C(=O)O. The van der Waals surface area contributed by atoms with Crippen molar-refractivity contribution in [3.05, 3.63) is 45.6 Å². The van der Waals surface area contributed by atoms with E-state index in [9.17, 15) is 20.0 Å². The Hall–Kier alpha value is -2.48. The fraction of sp³-hybridized carbons (Fsp3) is 0.333. The molecule has 0 fully saturated rings. The third-order valence-corrected chi connectivity index (χ3v) is 4.28. The van der Waals surface area contributed by atoms with Gasteiger partial charge in [0.2, 0.25) is 0 Å². The van der Waals surface area contributed by atoms with Gasteiger partial charge in [0.15, 0.2) is 0 Å². The van der Waals surface area contributed by atoms with Crippen LogP contribution in [0, 0.1) is 10.1 Å². The molecule has 7 nitrogen and oxygen atoms in total. The molecule has 8 heteroatoms. The van der Waals surface area contributed by atoms with Crippen molar-refractivity contribution < 1.29 is 14.8 Å². The van der Waals surface area contributed by atoms with Gasteiger partial charge in [0.1, 0.15) is 5.01 Å². The molecule has 0 saturated carbocycles. The van der Waals surface area contributed by atoms with Crippen molar-refractivity contribution in [3.63, 3.8) is 0 Å². The van der Waals surface area contributed by atoms with Crippen LogP contribution in [0.5, 0.6) is 0 Å². The van der Waals surface area contributed by atoms with E-state index in [0.29, 0.717) is 5.01 Å². The number of benzene rings is 1. The van der Waals surface area contributed by atoms with E-state index in [4.69, 9.17) is 0 Å². The lowest BCUT2D eigenvalue weighted by atomic mass is 10.1. The zero-order valence-electron chi connectivity index (χ0n) is 13.0. The average molecular weight is 335 g/mol. The summed E-state index contributed by atoms with van der Waals surface area (Å²) in [7, 11) is 0. The molecule has 1 N–H and O–H groups in total. The van der Waals surface area contributed by atoms with Crippen LogP contribution >= 0.6 is 11.3 Å². The van der Waals surface area contributed by atoms with Gasteiger partial charge < -0.3 is 5.11 Å². The minimum atomic E-state index is -0.996. The van der Waals surface area contributed by atoms with E-state index in [1.165, 1.54) is 28.4 Å². The third kappa shape index (κ3) is 4.04. The normalized spacial score (nSPS) is 11.3. The maximum Gasteiger partial charge on any atom is 0.408 e. The molecule has 23 heavy (non-hydrogen) atoms. The van der Waals surface area contributed by atoms with Gasteiger partial charge in [0, 0.05) is 23.9 Å². The molecule has 0 aliphatic carbocycles. The van der Waals surface area contributed by atoms with E-state index in [1.54, 1.807) is 18.3 Å². The lowest BCUT2D eigenvalue weighted by molar-refractivity contribution is -0.384. The van der Waals surface area contributed by atoms with Gasteiger partial charge in [-0.05, 0) is 38.5 Å². The topological polar surface area (TPSA) is 96.6 Å². The lowest BCUT2D eigenvalue weighted by Gasteiger charge is -2.32. The summed E-state index contributed by atoms with van der Waals surface area (Å²) in [5.41, 5.74) is 0.325. The van der Waals surface area contributed by atoms with E-state index < -0.39 is 16.6 Å². The van der Waals surface area contributed by atoms with E-state index in [-0.39, 0.29) is 12.2 Å². The van der Waals surface area contributed by atoms with Gasteiger partial charge in [-0.2, -0.15) is 0 Å². The first kappa shape index (κ1) is 16.9. The summed E-state index contributed by atoms with van der Waals surface area (Å²) in [6.07, 6.45) is 0.661. The molecule has 0 aliphatic heterocycles. The highest BCUT2D eigenvalue weighted by Gasteiger charge is 2.27. The second kappa shape index (κ2) is 6.33. The number of carboxylic acid groups (broad SMARTS) is 1. The Kier molecular flexibility index (Phi) is 4.65. The van der Waals surface area contributed by atoms with Crippen LogP contribution in [0.15, 0.2) is 30.5 Å². The van der Waals surface area contributed by atoms with Crippen LogP contribution < -0.4 is 0 Å². The molecule has 122 valence electrons. The zero-order chi connectivity index (χ0) is 17.2. The summed E-state index contributed by atoms with van der Waals surface area (Å²) in [5, 5.41) is 20.7. The number of amides is 1. The van der Waals surface area contributed by atoms with Crippen molar-refractivity contribution in [3.8, 4) is 10.4 Å². The minimum Gasteiger partial charge on any atom is -0.465 e. The number of nitro benzene ring substituents is 1. The summed E-state index contributed by atoms with van der Waals surface area (Å²) in [5.74, 6) is 0. The first-order valence-corrected chi connectivity index (χ1v) is 7.70. The largest absolute Gasteiger partial charge is 0.465 e. The van der Waals surface area contributed by atoms with Crippen LogP contribution in [0.3, 0.4) is 0 Å². The number of nitrogens with zero attached hydrogens (tertiary/aromatic N) is 3. The second-order valence-corrected chi connectivity index (χ2v) is 7.08. The molecular weight excluding hydrogens is 318 g/mol. The number of thiazole rings is 1. The highest BCUT2D eigenvalue weighted by atomic mass is 32.1. The van der Waals surface area contributed by atoms with Gasteiger partial charge in [-0.1, -0.05) is 0 Å². The van der Waals surface area contributed by atoms with E-state index in [1.807, 2.05) is 20.8 Å². The zero-order valence-corrected chi connectivity index (χ0v) is 13.8. The molecule has 0 saturated heterocycles. The summed E-state index contributed by atoms with van der Waals surface area (Å²) in [6.45, 7) is 5.68. The quantitative estimate of drug-likeness (QED) is 0.673. The Balaban J connectivity index is 2.20. The lowest BCUT2D eigenvalue weighted by Crippen LogP contribution is -2.44. The van der Waals surface area contributed by atoms with Crippen molar-refractivity contribution >= 4 is 23.1 Å². The molecule has 0 radical (unpaired) electrons. The van der Waals surface area contributed by atoms with Crippen LogP contribution in [0.4, 0.5) is 10.5 Å². The molecule has 0 aliphatic rings. The number of aromatic nitrogens is 1. The summed E-state index contributed by atoms with van der Waals surface area (Å²) in [4.78, 5) is 28.0. The number of nitro groups is 1. The van der Waals surface area contributed by atoms with Gasteiger partial charge >= 0.3 is 6.09 Å². The Bertz CT molecular complexity index is 719. The van der Waals surface area contributed by atoms with Crippen molar-refractivity contribution in [2.24, 2.45) is 0 Å². The van der Waals surface area contributed by atoms with Crippen molar-refractivity contribution in [2.75, 3.05) is 0 Å². The molecule has 1 amide bonds. The molecule has 2 aromatic rings. The Morgan fingerprint density at radius 3 is 2.43 bits per heavy atom. The van der Waals surface area contributed by atoms with Crippen molar-refractivity contribution in [1.82, 2.24) is 9.88 Å². The molecule has 2 rings (SSSR count). The molecule has 1 aromatic heterocycles. The first-order valence-electron chi connectivity index (χ1n) is 6.88. The maximum atomic E-state index is 11.4. The molecule has 1 heterocycles. The smallest absolute Gasteiger partial charge is 0.408 e. The number of hydrogen-bond donors (Lipinski definition) is 1. The molecular formula is C15H17N3O4S. The van der Waals surface area contributed by atoms with Crippen molar-refractivity contribution in [1.29, 1.82) is 0 Å². The van der Waals surface area contributed by atoms with E-state index in [2.05, 4.69) is 4.98 Å². The third-order valence-electron chi connectivity index (χ3n) is 3.25. The predicted octanol–water partition coefficient (Wildman–Crippen LogP) is 4.00.